The van der Waals surface area contributed by atoms with Crippen LogP contribution < -0.4 is 15.8 Å². The van der Waals surface area contributed by atoms with E-state index in [4.69, 9.17) is 4.43 Å². The highest BCUT2D eigenvalue weighted by Gasteiger charge is 2.29. The number of nitrogens with one attached hydrogen (secondary N) is 2. The number of amides is 2. The first-order valence-electron chi connectivity index (χ1n) is 7.43. The number of hydrogen-bond acceptors (Lipinski definition) is 3. The predicted octanol–water partition coefficient (Wildman–Crippen LogP) is 1.09. The second-order valence-electron chi connectivity index (χ2n) is 5.51. The van der Waals surface area contributed by atoms with Gasteiger partial charge in [0.05, 0.1) is 6.10 Å². The van der Waals surface area contributed by atoms with E-state index in [2.05, 4.69) is 36.9 Å². The van der Waals surface area contributed by atoms with Crippen LogP contribution in [0.5, 0.6) is 0 Å². The normalized spacial score (nSPS) is 10.9. The molecule has 0 atom stereocenters. The Labute approximate surface area is 138 Å². The minimum absolute atomic E-state index is 0.271. The molecule has 0 saturated heterocycles. The molecule has 1 aromatic rings. The first-order chi connectivity index (χ1) is 10.9. The Hall–Kier alpha value is -2.18. The summed E-state index contributed by atoms with van der Waals surface area (Å²) in [6.45, 7) is 11.6. The van der Waals surface area contributed by atoms with Crippen LogP contribution in [0, 0.1) is 0 Å². The maximum Gasteiger partial charge on any atom is 0.243 e. The number of benzene rings is 1. The highest BCUT2D eigenvalue weighted by atomic mass is 28.4. The molecule has 23 heavy (non-hydrogen) atoms. The third-order valence-corrected chi connectivity index (χ3v) is 5.96. The Morgan fingerprint density at radius 2 is 1.57 bits per heavy atom. The SMILES string of the molecule is C=CC(=O)NCC(CNC(=O)C=C)O[Si](C)(C)c1ccccc1. The van der Waals surface area contributed by atoms with E-state index in [0.717, 1.165) is 5.19 Å². The van der Waals surface area contributed by atoms with Gasteiger partial charge in [0.25, 0.3) is 0 Å². The second kappa shape index (κ2) is 9.07. The molecule has 2 amide bonds. The van der Waals surface area contributed by atoms with Crippen molar-refractivity contribution in [2.75, 3.05) is 13.1 Å². The van der Waals surface area contributed by atoms with Crippen LogP contribution >= 0.6 is 0 Å². The van der Waals surface area contributed by atoms with Crippen LogP contribution in [0.1, 0.15) is 0 Å². The minimum atomic E-state index is -2.16. The number of rotatable bonds is 9. The van der Waals surface area contributed by atoms with Gasteiger partial charge in [-0.25, -0.2) is 0 Å². The van der Waals surface area contributed by atoms with Gasteiger partial charge in [0.2, 0.25) is 20.1 Å². The monoisotopic (exact) mass is 332 g/mol. The van der Waals surface area contributed by atoms with Crippen molar-refractivity contribution in [3.8, 4) is 0 Å². The third-order valence-electron chi connectivity index (χ3n) is 3.31. The van der Waals surface area contributed by atoms with Gasteiger partial charge >= 0.3 is 0 Å². The van der Waals surface area contributed by atoms with E-state index in [1.54, 1.807) is 0 Å². The smallest absolute Gasteiger partial charge is 0.243 e. The molecule has 0 aliphatic rings. The largest absolute Gasteiger partial charge is 0.406 e. The molecule has 1 rings (SSSR count). The summed E-state index contributed by atoms with van der Waals surface area (Å²) in [4.78, 5) is 22.7. The molecule has 0 radical (unpaired) electrons. The van der Waals surface area contributed by atoms with E-state index in [9.17, 15) is 9.59 Å². The Bertz CT molecular complexity index is 534. The van der Waals surface area contributed by atoms with Crippen LogP contribution in [0.3, 0.4) is 0 Å². The van der Waals surface area contributed by atoms with Crippen molar-refractivity contribution in [2.24, 2.45) is 0 Å². The molecule has 0 saturated carbocycles. The average molecular weight is 332 g/mol. The standard InChI is InChI=1S/C17H24N2O3Si/c1-5-16(20)18-12-14(13-19-17(21)6-2)22-23(3,4)15-10-8-7-9-11-15/h5-11,14H,1-2,12-13H2,3-4H3,(H,18,20)(H,19,21). The molecule has 0 spiro atoms. The Kier molecular flexibility index (Phi) is 7.44. The fourth-order valence-corrected chi connectivity index (χ4v) is 4.18. The number of carbonyl (C=O) groups is 2. The summed E-state index contributed by atoms with van der Waals surface area (Å²) in [7, 11) is -2.16. The van der Waals surface area contributed by atoms with Gasteiger partial charge in [-0.2, -0.15) is 0 Å². The van der Waals surface area contributed by atoms with E-state index in [1.165, 1.54) is 12.2 Å². The summed E-state index contributed by atoms with van der Waals surface area (Å²) in [5.41, 5.74) is 0. The minimum Gasteiger partial charge on any atom is -0.406 e. The zero-order chi connectivity index (χ0) is 17.3. The lowest BCUT2D eigenvalue weighted by molar-refractivity contribution is -0.116. The highest BCUT2D eigenvalue weighted by Crippen LogP contribution is 2.09. The molecular weight excluding hydrogens is 308 g/mol. The molecule has 0 heterocycles. The first kappa shape index (κ1) is 18.9. The zero-order valence-electron chi connectivity index (χ0n) is 13.7. The van der Waals surface area contributed by atoms with Crippen molar-refractivity contribution >= 4 is 25.3 Å². The molecule has 2 N–H and O–H groups in total. The van der Waals surface area contributed by atoms with Crippen molar-refractivity contribution < 1.29 is 14.0 Å². The molecule has 124 valence electrons. The molecule has 0 aliphatic heterocycles. The van der Waals surface area contributed by atoms with Crippen LogP contribution in [0.4, 0.5) is 0 Å². The van der Waals surface area contributed by atoms with Gasteiger partial charge in [-0.15, -0.1) is 0 Å². The Balaban J connectivity index is 2.76. The van der Waals surface area contributed by atoms with Crippen LogP contribution in [-0.4, -0.2) is 39.3 Å². The second-order valence-corrected chi connectivity index (χ2v) is 9.35. The highest BCUT2D eigenvalue weighted by molar-refractivity contribution is 6.84. The lowest BCUT2D eigenvalue weighted by Crippen LogP contribution is -2.52. The summed E-state index contributed by atoms with van der Waals surface area (Å²) in [6, 6.07) is 9.98. The summed E-state index contributed by atoms with van der Waals surface area (Å²) < 4.78 is 6.25. The summed E-state index contributed by atoms with van der Waals surface area (Å²) in [5.74, 6) is -0.541. The lowest BCUT2D eigenvalue weighted by atomic mass is 10.3. The molecule has 1 aromatic carbocycles. The Morgan fingerprint density at radius 1 is 1.09 bits per heavy atom. The van der Waals surface area contributed by atoms with Crippen molar-refractivity contribution in [1.29, 1.82) is 0 Å². The topological polar surface area (TPSA) is 67.4 Å². The van der Waals surface area contributed by atoms with Gasteiger partial charge in [0.15, 0.2) is 0 Å². The van der Waals surface area contributed by atoms with E-state index in [0.29, 0.717) is 13.1 Å². The number of hydrogen-bond donors (Lipinski definition) is 2. The Morgan fingerprint density at radius 3 is 2.00 bits per heavy atom. The van der Waals surface area contributed by atoms with Gasteiger partial charge < -0.3 is 15.1 Å². The zero-order valence-corrected chi connectivity index (χ0v) is 14.7. The van der Waals surface area contributed by atoms with Crippen LogP contribution in [0.2, 0.25) is 13.1 Å². The molecule has 0 unspecified atom stereocenters. The quantitative estimate of drug-likeness (QED) is 0.525. The first-order valence-corrected chi connectivity index (χ1v) is 10.3. The predicted molar refractivity (Wildman–Crippen MR) is 94.8 cm³/mol. The lowest BCUT2D eigenvalue weighted by Gasteiger charge is -2.30. The molecule has 0 aromatic heterocycles. The van der Waals surface area contributed by atoms with Crippen molar-refractivity contribution in [3.05, 3.63) is 55.6 Å². The van der Waals surface area contributed by atoms with E-state index < -0.39 is 8.32 Å². The maximum atomic E-state index is 11.4. The van der Waals surface area contributed by atoms with E-state index in [-0.39, 0.29) is 17.9 Å². The van der Waals surface area contributed by atoms with Crippen molar-refractivity contribution in [3.63, 3.8) is 0 Å². The third kappa shape index (κ3) is 6.62. The summed E-state index contributed by atoms with van der Waals surface area (Å²) in [6.07, 6.45) is 2.09. The fourth-order valence-electron chi connectivity index (χ4n) is 2.05. The van der Waals surface area contributed by atoms with Crippen LogP contribution in [0.25, 0.3) is 0 Å². The van der Waals surface area contributed by atoms with Crippen molar-refractivity contribution in [1.82, 2.24) is 10.6 Å². The van der Waals surface area contributed by atoms with Gasteiger partial charge in [-0.05, 0) is 30.4 Å². The van der Waals surface area contributed by atoms with Crippen molar-refractivity contribution in [2.45, 2.75) is 19.2 Å². The fraction of sp³-hybridized carbons (Fsp3) is 0.294. The van der Waals surface area contributed by atoms with E-state index in [1.807, 2.05) is 30.3 Å². The van der Waals surface area contributed by atoms with E-state index >= 15 is 0 Å². The molecule has 5 nitrogen and oxygen atoms in total. The van der Waals surface area contributed by atoms with Gasteiger partial charge in [-0.1, -0.05) is 43.5 Å². The summed E-state index contributed by atoms with van der Waals surface area (Å²) >= 11 is 0. The van der Waals surface area contributed by atoms with Crippen LogP contribution in [-0.2, 0) is 14.0 Å². The van der Waals surface area contributed by atoms with Gasteiger partial charge in [0, 0.05) is 13.1 Å². The molecule has 0 bridgehead atoms. The van der Waals surface area contributed by atoms with Crippen LogP contribution in [0.15, 0.2) is 55.6 Å². The summed E-state index contributed by atoms with van der Waals surface area (Å²) in [5, 5.41) is 6.57. The maximum absolute atomic E-state index is 11.4. The van der Waals surface area contributed by atoms with Gasteiger partial charge in [-0.3, -0.25) is 9.59 Å². The molecular formula is C17H24N2O3Si. The molecule has 0 aliphatic carbocycles. The average Bonchev–Trinajstić information content (AvgIpc) is 2.57. The van der Waals surface area contributed by atoms with Gasteiger partial charge in [0.1, 0.15) is 0 Å². The molecule has 0 fully saturated rings. The number of carbonyl (C=O) groups excluding carboxylic acids is 2. The molecule has 6 heteroatoms.